The summed E-state index contributed by atoms with van der Waals surface area (Å²) in [5, 5.41) is 3.16. The molecule has 0 spiro atoms. The zero-order valence-corrected chi connectivity index (χ0v) is 13.5. The van der Waals surface area contributed by atoms with Gasteiger partial charge in [0.25, 0.3) is 0 Å². The van der Waals surface area contributed by atoms with Crippen LogP contribution in [0, 0.1) is 6.92 Å². The number of benzene rings is 1. The molecule has 0 saturated carbocycles. The molecule has 3 aromatic rings. The fourth-order valence-electron chi connectivity index (χ4n) is 2.23. The summed E-state index contributed by atoms with van der Waals surface area (Å²) in [5.41, 5.74) is 3.06. The van der Waals surface area contributed by atoms with Gasteiger partial charge in [-0.2, -0.15) is 4.98 Å². The lowest BCUT2D eigenvalue weighted by Gasteiger charge is -2.08. The quantitative estimate of drug-likeness (QED) is 0.778. The highest BCUT2D eigenvalue weighted by Gasteiger charge is 2.14. The molecule has 0 radical (unpaired) electrons. The van der Waals surface area contributed by atoms with E-state index in [1.807, 2.05) is 61.0 Å². The van der Waals surface area contributed by atoms with Gasteiger partial charge in [0.05, 0.1) is 4.47 Å². The minimum atomic E-state index is 0.625. The van der Waals surface area contributed by atoms with Gasteiger partial charge < -0.3 is 10.1 Å². The number of nitrogens with one attached hydrogen (secondary N) is 1. The molecular formula is C16H16BrN3O. The van der Waals surface area contributed by atoms with Crippen LogP contribution in [0.2, 0.25) is 0 Å². The number of rotatable bonds is 4. The van der Waals surface area contributed by atoms with Crippen LogP contribution in [0.3, 0.4) is 0 Å². The van der Waals surface area contributed by atoms with E-state index in [9.17, 15) is 0 Å². The Morgan fingerprint density at radius 3 is 2.90 bits per heavy atom. The number of halogens is 1. The topological polar surface area (TPSA) is 38.6 Å². The molecule has 0 aliphatic heterocycles. The molecule has 21 heavy (non-hydrogen) atoms. The maximum Gasteiger partial charge on any atom is 0.242 e. The largest absolute Gasteiger partial charge is 0.436 e. The lowest BCUT2D eigenvalue weighted by molar-refractivity contribution is 0.454. The van der Waals surface area contributed by atoms with Crippen molar-refractivity contribution in [2.24, 2.45) is 0 Å². The van der Waals surface area contributed by atoms with E-state index in [0.717, 1.165) is 21.6 Å². The van der Waals surface area contributed by atoms with Crippen molar-refractivity contribution in [1.82, 2.24) is 14.7 Å². The van der Waals surface area contributed by atoms with Gasteiger partial charge in [0, 0.05) is 12.7 Å². The van der Waals surface area contributed by atoms with Gasteiger partial charge >= 0.3 is 0 Å². The molecule has 0 atom stereocenters. The number of aryl methyl sites for hydroxylation is 1. The summed E-state index contributed by atoms with van der Waals surface area (Å²) < 4.78 is 8.98. The molecule has 3 rings (SSSR count). The van der Waals surface area contributed by atoms with Crippen molar-refractivity contribution >= 4 is 21.6 Å². The van der Waals surface area contributed by atoms with Crippen LogP contribution in [0.25, 0.3) is 5.65 Å². The van der Waals surface area contributed by atoms with Crippen LogP contribution in [0.5, 0.6) is 11.6 Å². The number of nitrogens with zero attached hydrogens (tertiary/aromatic N) is 2. The normalized spacial score (nSPS) is 11.0. The first-order valence-corrected chi connectivity index (χ1v) is 7.53. The summed E-state index contributed by atoms with van der Waals surface area (Å²) in [4.78, 5) is 4.57. The van der Waals surface area contributed by atoms with Gasteiger partial charge in [0.1, 0.15) is 17.1 Å². The van der Waals surface area contributed by atoms with Crippen molar-refractivity contribution < 1.29 is 4.74 Å². The Morgan fingerprint density at radius 1 is 1.29 bits per heavy atom. The second kappa shape index (κ2) is 5.87. The van der Waals surface area contributed by atoms with Crippen LogP contribution in [0.15, 0.2) is 47.1 Å². The first kappa shape index (κ1) is 14.1. The molecule has 0 saturated heterocycles. The van der Waals surface area contributed by atoms with Crippen molar-refractivity contribution in [2.75, 3.05) is 7.05 Å². The Hall–Kier alpha value is -1.85. The molecule has 0 amide bonds. The molecule has 0 bridgehead atoms. The number of aromatic nitrogens is 2. The van der Waals surface area contributed by atoms with E-state index in [2.05, 4.69) is 26.2 Å². The van der Waals surface area contributed by atoms with E-state index >= 15 is 0 Å². The van der Waals surface area contributed by atoms with Gasteiger partial charge in [-0.3, -0.25) is 4.40 Å². The Bertz CT molecular complexity index is 782. The standard InChI is InChI=1S/C16H16BrN3O/c1-11-6-7-14(12(17)9-11)21-16-13(10-18-2)20-8-4-3-5-15(20)19-16/h3-9,18H,10H2,1-2H3. The fourth-order valence-corrected chi connectivity index (χ4v) is 2.80. The van der Waals surface area contributed by atoms with Crippen LogP contribution in [0.4, 0.5) is 0 Å². The lowest BCUT2D eigenvalue weighted by atomic mass is 10.2. The lowest BCUT2D eigenvalue weighted by Crippen LogP contribution is -2.08. The maximum absolute atomic E-state index is 6.01. The Morgan fingerprint density at radius 2 is 2.14 bits per heavy atom. The molecule has 0 aliphatic carbocycles. The third-order valence-corrected chi connectivity index (χ3v) is 3.85. The number of fused-ring (bicyclic) bond motifs is 1. The van der Waals surface area contributed by atoms with E-state index in [-0.39, 0.29) is 0 Å². The van der Waals surface area contributed by atoms with Gasteiger partial charge in [-0.1, -0.05) is 12.1 Å². The zero-order valence-electron chi connectivity index (χ0n) is 11.9. The molecule has 4 nitrogen and oxygen atoms in total. The molecule has 2 heterocycles. The summed E-state index contributed by atoms with van der Waals surface area (Å²) in [6, 6.07) is 11.9. The van der Waals surface area contributed by atoms with Crippen LogP contribution in [0.1, 0.15) is 11.3 Å². The van der Waals surface area contributed by atoms with E-state index in [1.54, 1.807) is 0 Å². The first-order chi connectivity index (χ1) is 10.2. The van der Waals surface area contributed by atoms with Crippen LogP contribution in [-0.2, 0) is 6.54 Å². The second-order valence-corrected chi connectivity index (χ2v) is 5.71. The average Bonchev–Trinajstić information content (AvgIpc) is 2.81. The van der Waals surface area contributed by atoms with Crippen molar-refractivity contribution in [1.29, 1.82) is 0 Å². The van der Waals surface area contributed by atoms with E-state index < -0.39 is 0 Å². The van der Waals surface area contributed by atoms with Gasteiger partial charge in [-0.25, -0.2) is 0 Å². The Labute approximate surface area is 131 Å². The summed E-state index contributed by atoms with van der Waals surface area (Å²) in [6.07, 6.45) is 1.99. The molecule has 1 aromatic carbocycles. The average molecular weight is 346 g/mol. The Kier molecular flexibility index (Phi) is 3.94. The summed E-state index contributed by atoms with van der Waals surface area (Å²) in [7, 11) is 1.91. The first-order valence-electron chi connectivity index (χ1n) is 6.73. The molecule has 0 aliphatic rings. The SMILES string of the molecule is CNCc1c(Oc2ccc(C)cc2Br)nc2ccccn12. The number of pyridine rings is 1. The van der Waals surface area contributed by atoms with Gasteiger partial charge in [0.2, 0.25) is 5.88 Å². The monoisotopic (exact) mass is 345 g/mol. The van der Waals surface area contributed by atoms with Gasteiger partial charge in [-0.15, -0.1) is 0 Å². The van der Waals surface area contributed by atoms with Crippen LogP contribution >= 0.6 is 15.9 Å². The molecule has 0 fully saturated rings. The molecule has 2 aromatic heterocycles. The van der Waals surface area contributed by atoms with E-state index in [1.165, 1.54) is 5.56 Å². The van der Waals surface area contributed by atoms with Crippen molar-refractivity contribution in [2.45, 2.75) is 13.5 Å². The van der Waals surface area contributed by atoms with Crippen molar-refractivity contribution in [3.8, 4) is 11.6 Å². The number of ether oxygens (including phenoxy) is 1. The van der Waals surface area contributed by atoms with Crippen molar-refractivity contribution in [3.63, 3.8) is 0 Å². The summed E-state index contributed by atoms with van der Waals surface area (Å²) >= 11 is 3.54. The third-order valence-electron chi connectivity index (χ3n) is 3.23. The molecule has 0 unspecified atom stereocenters. The van der Waals surface area contributed by atoms with E-state index in [0.29, 0.717) is 12.4 Å². The van der Waals surface area contributed by atoms with Gasteiger partial charge in [-0.05, 0) is 59.7 Å². The minimum absolute atomic E-state index is 0.625. The summed E-state index contributed by atoms with van der Waals surface area (Å²) in [5.74, 6) is 1.39. The smallest absolute Gasteiger partial charge is 0.242 e. The van der Waals surface area contributed by atoms with Crippen molar-refractivity contribution in [3.05, 3.63) is 58.3 Å². The van der Waals surface area contributed by atoms with Gasteiger partial charge in [0.15, 0.2) is 0 Å². The fraction of sp³-hybridized carbons (Fsp3) is 0.188. The highest BCUT2D eigenvalue weighted by molar-refractivity contribution is 9.10. The minimum Gasteiger partial charge on any atom is -0.436 e. The molecule has 108 valence electrons. The highest BCUT2D eigenvalue weighted by Crippen LogP contribution is 2.32. The molecule has 1 N–H and O–H groups in total. The predicted octanol–water partition coefficient (Wildman–Crippen LogP) is 3.92. The summed E-state index contributed by atoms with van der Waals surface area (Å²) in [6.45, 7) is 2.73. The number of hydrogen-bond acceptors (Lipinski definition) is 3. The molecule has 5 heteroatoms. The van der Waals surface area contributed by atoms with E-state index in [4.69, 9.17) is 4.74 Å². The predicted molar refractivity (Wildman–Crippen MR) is 86.9 cm³/mol. The highest BCUT2D eigenvalue weighted by atomic mass is 79.9. The zero-order chi connectivity index (χ0) is 14.8. The van der Waals surface area contributed by atoms with Crippen LogP contribution in [-0.4, -0.2) is 16.4 Å². The second-order valence-electron chi connectivity index (χ2n) is 4.86. The number of hydrogen-bond donors (Lipinski definition) is 1. The van der Waals surface area contributed by atoms with Crippen LogP contribution < -0.4 is 10.1 Å². The molecular weight excluding hydrogens is 330 g/mol. The maximum atomic E-state index is 6.01. The Balaban J connectivity index is 2.05. The number of imidazole rings is 1. The third kappa shape index (κ3) is 2.80.